The van der Waals surface area contributed by atoms with Crippen LogP contribution in [0.2, 0.25) is 0 Å². The maximum Gasteiger partial charge on any atom is 0.0922 e. The third-order valence-corrected chi connectivity index (χ3v) is 1.97. The van der Waals surface area contributed by atoms with Crippen LogP contribution in [-0.2, 0) is 11.3 Å². The van der Waals surface area contributed by atoms with Crippen molar-refractivity contribution in [2.24, 2.45) is 0 Å². The van der Waals surface area contributed by atoms with Gasteiger partial charge in [-0.25, -0.2) is 4.98 Å². The molecule has 1 aromatic rings. The molecule has 0 saturated carbocycles. The summed E-state index contributed by atoms with van der Waals surface area (Å²) in [6, 6.07) is 0. The van der Waals surface area contributed by atoms with Gasteiger partial charge in [-0.1, -0.05) is 0 Å². The lowest BCUT2D eigenvalue weighted by Gasteiger charge is -2.22. The summed E-state index contributed by atoms with van der Waals surface area (Å²) in [4.78, 5) is 6.96. The molecular weight excluding hydrogens is 166 g/mol. The maximum absolute atomic E-state index is 5.27. The highest BCUT2D eigenvalue weighted by Gasteiger charge is 2.14. The normalized spacial score (nSPS) is 11.9. The Kier molecular flexibility index (Phi) is 3.45. The van der Waals surface area contributed by atoms with E-state index in [0.717, 1.165) is 18.8 Å². The van der Waals surface area contributed by atoms with Crippen molar-refractivity contribution in [2.45, 2.75) is 26.0 Å². The molecule has 0 amide bonds. The average Bonchev–Trinajstić information content (AvgIpc) is 2.57. The zero-order valence-corrected chi connectivity index (χ0v) is 8.42. The Balaban J connectivity index is 2.21. The summed E-state index contributed by atoms with van der Waals surface area (Å²) in [6.45, 7) is 5.72. The summed E-state index contributed by atoms with van der Waals surface area (Å²) in [7, 11) is 1.72. The van der Waals surface area contributed by atoms with Crippen molar-refractivity contribution in [3.63, 3.8) is 0 Å². The van der Waals surface area contributed by atoms with Gasteiger partial charge in [-0.15, -0.1) is 0 Å². The number of nitrogens with zero attached hydrogens (tertiary/aromatic N) is 1. The number of aromatic amines is 1. The van der Waals surface area contributed by atoms with E-state index in [2.05, 4.69) is 15.3 Å². The molecular formula is C9H17N3O. The van der Waals surface area contributed by atoms with E-state index in [9.17, 15) is 0 Å². The van der Waals surface area contributed by atoms with Gasteiger partial charge in [-0.3, -0.25) is 0 Å². The van der Waals surface area contributed by atoms with Gasteiger partial charge in [0.1, 0.15) is 0 Å². The first-order valence-electron chi connectivity index (χ1n) is 4.37. The number of rotatable bonds is 5. The van der Waals surface area contributed by atoms with E-state index in [-0.39, 0.29) is 5.60 Å². The number of nitrogens with one attached hydrogen (secondary N) is 2. The number of imidazole rings is 1. The van der Waals surface area contributed by atoms with E-state index < -0.39 is 0 Å². The van der Waals surface area contributed by atoms with Gasteiger partial charge in [0.25, 0.3) is 0 Å². The first-order chi connectivity index (χ1) is 6.14. The molecule has 0 spiro atoms. The van der Waals surface area contributed by atoms with Crippen LogP contribution in [0, 0.1) is 0 Å². The molecule has 1 rings (SSSR count). The van der Waals surface area contributed by atoms with Gasteiger partial charge in [0.15, 0.2) is 0 Å². The summed E-state index contributed by atoms with van der Waals surface area (Å²) < 4.78 is 5.27. The second kappa shape index (κ2) is 4.39. The SMILES string of the molecule is COC(C)(C)CNCc1cnc[nH]1. The summed E-state index contributed by atoms with van der Waals surface area (Å²) in [5.41, 5.74) is 0.979. The minimum atomic E-state index is -0.111. The number of H-pyrrole nitrogens is 1. The van der Waals surface area contributed by atoms with Crippen molar-refractivity contribution >= 4 is 0 Å². The van der Waals surface area contributed by atoms with Crippen LogP contribution in [0.25, 0.3) is 0 Å². The topological polar surface area (TPSA) is 49.9 Å². The first kappa shape index (κ1) is 10.2. The van der Waals surface area contributed by atoms with E-state index in [1.807, 2.05) is 20.0 Å². The highest BCUT2D eigenvalue weighted by Crippen LogP contribution is 2.04. The highest BCUT2D eigenvalue weighted by molar-refractivity contribution is 4.93. The van der Waals surface area contributed by atoms with Crippen LogP contribution in [0.4, 0.5) is 0 Å². The van der Waals surface area contributed by atoms with Crippen LogP contribution >= 0.6 is 0 Å². The van der Waals surface area contributed by atoms with Gasteiger partial charge in [0, 0.05) is 32.1 Å². The van der Waals surface area contributed by atoms with Gasteiger partial charge >= 0.3 is 0 Å². The third kappa shape index (κ3) is 3.57. The van der Waals surface area contributed by atoms with Crippen molar-refractivity contribution in [2.75, 3.05) is 13.7 Å². The second-order valence-corrected chi connectivity index (χ2v) is 3.64. The third-order valence-electron chi connectivity index (χ3n) is 1.97. The van der Waals surface area contributed by atoms with Crippen molar-refractivity contribution < 1.29 is 4.74 Å². The maximum atomic E-state index is 5.27. The number of hydrogen-bond donors (Lipinski definition) is 2. The smallest absolute Gasteiger partial charge is 0.0922 e. The van der Waals surface area contributed by atoms with Gasteiger partial charge in [-0.05, 0) is 13.8 Å². The number of ether oxygens (including phenoxy) is 1. The predicted octanol–water partition coefficient (Wildman–Crippen LogP) is 0.924. The molecule has 0 fully saturated rings. The molecule has 1 heterocycles. The first-order valence-corrected chi connectivity index (χ1v) is 4.37. The van der Waals surface area contributed by atoms with Crippen molar-refractivity contribution in [1.82, 2.24) is 15.3 Å². The van der Waals surface area contributed by atoms with Crippen LogP contribution in [0.1, 0.15) is 19.5 Å². The zero-order chi connectivity index (χ0) is 9.73. The van der Waals surface area contributed by atoms with Gasteiger partial charge in [0.05, 0.1) is 11.9 Å². The summed E-state index contributed by atoms with van der Waals surface area (Å²) in [5.74, 6) is 0. The molecule has 0 aliphatic heterocycles. The summed E-state index contributed by atoms with van der Waals surface area (Å²) >= 11 is 0. The Bertz CT molecular complexity index is 231. The lowest BCUT2D eigenvalue weighted by Crippen LogP contribution is -2.36. The Hall–Kier alpha value is -0.870. The molecule has 0 aliphatic carbocycles. The van der Waals surface area contributed by atoms with Crippen molar-refractivity contribution in [3.8, 4) is 0 Å². The van der Waals surface area contributed by atoms with Crippen molar-refractivity contribution in [1.29, 1.82) is 0 Å². The molecule has 0 radical (unpaired) electrons. The quantitative estimate of drug-likeness (QED) is 0.713. The Morgan fingerprint density at radius 1 is 1.62 bits per heavy atom. The predicted molar refractivity (Wildman–Crippen MR) is 51.4 cm³/mol. The molecule has 4 heteroatoms. The standard InChI is InChI=1S/C9H17N3O/c1-9(2,13-3)6-10-4-8-5-11-7-12-8/h5,7,10H,4,6H2,1-3H3,(H,11,12). The molecule has 0 aromatic carbocycles. The molecule has 0 saturated heterocycles. The van der Waals surface area contributed by atoms with Crippen LogP contribution in [0.3, 0.4) is 0 Å². The molecule has 4 nitrogen and oxygen atoms in total. The van der Waals surface area contributed by atoms with Gasteiger partial charge in [0.2, 0.25) is 0 Å². The van der Waals surface area contributed by atoms with Crippen LogP contribution in [-0.4, -0.2) is 29.2 Å². The number of hydrogen-bond acceptors (Lipinski definition) is 3. The molecule has 2 N–H and O–H groups in total. The Morgan fingerprint density at radius 3 is 2.92 bits per heavy atom. The monoisotopic (exact) mass is 183 g/mol. The fourth-order valence-electron chi connectivity index (χ4n) is 0.952. The zero-order valence-electron chi connectivity index (χ0n) is 8.42. The second-order valence-electron chi connectivity index (χ2n) is 3.64. The lowest BCUT2D eigenvalue weighted by molar-refractivity contribution is 0.0230. The summed E-state index contributed by atoms with van der Waals surface area (Å²) in [6.07, 6.45) is 3.49. The van der Waals surface area contributed by atoms with Crippen molar-refractivity contribution in [3.05, 3.63) is 18.2 Å². The van der Waals surface area contributed by atoms with Crippen LogP contribution < -0.4 is 5.32 Å². The average molecular weight is 183 g/mol. The van der Waals surface area contributed by atoms with E-state index in [1.54, 1.807) is 13.4 Å². The molecule has 0 atom stereocenters. The molecule has 0 aliphatic rings. The Labute approximate surface area is 78.7 Å². The lowest BCUT2D eigenvalue weighted by atomic mass is 10.1. The van der Waals surface area contributed by atoms with E-state index >= 15 is 0 Å². The van der Waals surface area contributed by atoms with E-state index in [1.165, 1.54) is 0 Å². The van der Waals surface area contributed by atoms with E-state index in [4.69, 9.17) is 4.74 Å². The van der Waals surface area contributed by atoms with Crippen LogP contribution in [0.5, 0.6) is 0 Å². The largest absolute Gasteiger partial charge is 0.377 e. The molecule has 0 unspecified atom stereocenters. The minimum absolute atomic E-state index is 0.111. The van der Waals surface area contributed by atoms with Gasteiger partial charge in [-0.2, -0.15) is 0 Å². The fourth-order valence-corrected chi connectivity index (χ4v) is 0.952. The molecule has 74 valence electrons. The van der Waals surface area contributed by atoms with Gasteiger partial charge < -0.3 is 15.0 Å². The number of methoxy groups -OCH3 is 1. The summed E-state index contributed by atoms with van der Waals surface area (Å²) in [5, 5.41) is 3.28. The minimum Gasteiger partial charge on any atom is -0.377 e. The fraction of sp³-hybridized carbons (Fsp3) is 0.667. The van der Waals surface area contributed by atoms with Crippen LogP contribution in [0.15, 0.2) is 12.5 Å². The molecule has 1 aromatic heterocycles. The highest BCUT2D eigenvalue weighted by atomic mass is 16.5. The molecule has 0 bridgehead atoms. The Morgan fingerprint density at radius 2 is 2.38 bits per heavy atom. The van der Waals surface area contributed by atoms with E-state index in [0.29, 0.717) is 0 Å². The molecule has 13 heavy (non-hydrogen) atoms. The number of aromatic nitrogens is 2.